The molecule has 0 bridgehead atoms. The third-order valence-corrected chi connectivity index (χ3v) is 6.26. The number of ether oxygens (including phenoxy) is 4. The molecule has 1 rings (SSSR count). The topological polar surface area (TPSA) is 131 Å². The molecule has 0 aliphatic carbocycles. The molecule has 0 heterocycles. The Kier molecular flexibility index (Phi) is 12.4. The lowest BCUT2D eigenvalue weighted by Crippen LogP contribution is -2.40. The summed E-state index contributed by atoms with van der Waals surface area (Å²) in [7, 11) is 0. The number of carbonyl (C=O) groups excluding carboxylic acids is 4. The van der Waals surface area contributed by atoms with Crippen molar-refractivity contribution in [2.45, 2.75) is 120 Å². The second kappa shape index (κ2) is 14.1. The van der Waals surface area contributed by atoms with Gasteiger partial charge in [0.25, 0.3) is 0 Å². The number of nitrogens with two attached hydrogens (primary N) is 1. The molecule has 9 nitrogen and oxygen atoms in total. The highest BCUT2D eigenvalue weighted by atomic mass is 16.6. The molecule has 0 saturated heterocycles. The Bertz CT molecular complexity index is 1050. The second-order valence-corrected chi connectivity index (χ2v) is 13.5. The molecule has 0 unspecified atom stereocenters. The summed E-state index contributed by atoms with van der Waals surface area (Å²) in [5.41, 5.74) is 5.48. The van der Waals surface area contributed by atoms with Gasteiger partial charge in [0.05, 0.1) is 18.3 Å². The molecule has 0 fully saturated rings. The van der Waals surface area contributed by atoms with E-state index in [0.29, 0.717) is 12.0 Å². The molecule has 2 N–H and O–H groups in total. The maximum Gasteiger partial charge on any atom is 0.323 e. The van der Waals surface area contributed by atoms with E-state index < -0.39 is 41.6 Å². The minimum absolute atomic E-state index is 0.0713. The Morgan fingerprint density at radius 2 is 1.25 bits per heavy atom. The zero-order valence-electron chi connectivity index (χ0n) is 26.1. The van der Waals surface area contributed by atoms with Crippen molar-refractivity contribution in [1.82, 2.24) is 0 Å². The van der Waals surface area contributed by atoms with E-state index in [9.17, 15) is 19.2 Å². The number of benzene rings is 1. The average molecular weight is 564 g/mol. The van der Waals surface area contributed by atoms with Gasteiger partial charge in [-0.1, -0.05) is 54.5 Å². The Hall–Kier alpha value is -2.94. The molecule has 9 heteroatoms. The van der Waals surface area contributed by atoms with E-state index in [2.05, 4.69) is 0 Å². The predicted molar refractivity (Wildman–Crippen MR) is 153 cm³/mol. The smallest absolute Gasteiger partial charge is 0.323 e. The Morgan fingerprint density at radius 1 is 0.775 bits per heavy atom. The van der Waals surface area contributed by atoms with Crippen molar-refractivity contribution < 1.29 is 38.1 Å². The van der Waals surface area contributed by atoms with Crippen molar-refractivity contribution >= 4 is 23.9 Å². The first kappa shape index (κ1) is 35.1. The van der Waals surface area contributed by atoms with Gasteiger partial charge in [-0.15, -0.1) is 0 Å². The van der Waals surface area contributed by atoms with Gasteiger partial charge in [-0.2, -0.15) is 0 Å². The van der Waals surface area contributed by atoms with Crippen LogP contribution >= 0.6 is 0 Å². The van der Waals surface area contributed by atoms with Crippen LogP contribution in [0.4, 0.5) is 0 Å². The van der Waals surface area contributed by atoms with Gasteiger partial charge in [0.15, 0.2) is 11.5 Å². The maximum absolute atomic E-state index is 12.7. The monoisotopic (exact) mass is 563 g/mol. The largest absolute Gasteiger partial charge is 0.458 e. The quantitative estimate of drug-likeness (QED) is 0.257. The second-order valence-electron chi connectivity index (χ2n) is 13.5. The average Bonchev–Trinajstić information content (AvgIpc) is 2.77. The van der Waals surface area contributed by atoms with Gasteiger partial charge in [0.1, 0.15) is 18.2 Å². The van der Waals surface area contributed by atoms with Gasteiger partial charge < -0.3 is 24.7 Å². The lowest BCUT2D eigenvalue weighted by atomic mass is 9.90. The molecular weight excluding hydrogens is 514 g/mol. The van der Waals surface area contributed by atoms with E-state index in [-0.39, 0.29) is 47.6 Å². The molecule has 0 aromatic heterocycles. The summed E-state index contributed by atoms with van der Waals surface area (Å²) < 4.78 is 22.1. The highest BCUT2D eigenvalue weighted by Crippen LogP contribution is 2.32. The maximum atomic E-state index is 12.7. The first-order chi connectivity index (χ1) is 18.1. The van der Waals surface area contributed by atoms with E-state index in [0.717, 1.165) is 0 Å². The van der Waals surface area contributed by atoms with E-state index in [1.54, 1.807) is 33.8 Å². The summed E-state index contributed by atoms with van der Waals surface area (Å²) in [4.78, 5) is 50.1. The van der Waals surface area contributed by atoms with Crippen LogP contribution in [0, 0.1) is 16.2 Å². The molecule has 0 radical (unpaired) electrons. The van der Waals surface area contributed by atoms with Crippen LogP contribution in [0.3, 0.4) is 0 Å². The number of esters is 4. The van der Waals surface area contributed by atoms with Crippen LogP contribution in [0.25, 0.3) is 0 Å². The minimum atomic E-state index is -1.04. The Balaban J connectivity index is 3.01. The first-order valence-electron chi connectivity index (χ1n) is 13.8. The van der Waals surface area contributed by atoms with Gasteiger partial charge in [-0.25, -0.2) is 0 Å². The first-order valence-corrected chi connectivity index (χ1v) is 13.8. The highest BCUT2D eigenvalue weighted by Gasteiger charge is 2.31. The third-order valence-electron chi connectivity index (χ3n) is 6.26. The molecule has 0 aliphatic heterocycles. The lowest BCUT2D eigenvalue weighted by Gasteiger charge is -2.27. The number of carbonyl (C=O) groups is 4. The SMILES string of the molecule is CCC(C)(C)C(=O)O[C@@H](C)[C@H](C)OC(=O)[C@@H](N)Cc1ccc(OC(=O)CC(C)(C)C)c(OC(=O)CC(C)(C)C)c1. The molecule has 0 saturated carbocycles. The number of hydrogen-bond donors (Lipinski definition) is 1. The summed E-state index contributed by atoms with van der Waals surface area (Å²) in [5, 5.41) is 0. The zero-order valence-corrected chi connectivity index (χ0v) is 26.1. The predicted octanol–water partition coefficient (Wildman–Crippen LogP) is 5.54. The number of hydrogen-bond acceptors (Lipinski definition) is 9. The normalized spacial score (nSPS) is 14.5. The van der Waals surface area contributed by atoms with Crippen molar-refractivity contribution in [2.24, 2.45) is 22.0 Å². The van der Waals surface area contributed by atoms with E-state index in [4.69, 9.17) is 24.7 Å². The van der Waals surface area contributed by atoms with Crippen LogP contribution in [0.1, 0.15) is 101 Å². The molecule has 3 atom stereocenters. The lowest BCUT2D eigenvalue weighted by molar-refractivity contribution is -0.172. The molecule has 40 heavy (non-hydrogen) atoms. The van der Waals surface area contributed by atoms with E-state index in [1.807, 2.05) is 48.5 Å². The molecule has 0 aliphatic rings. The Labute approximate surface area is 239 Å². The fourth-order valence-corrected chi connectivity index (χ4v) is 3.30. The summed E-state index contributed by atoms with van der Waals surface area (Å²) in [6.45, 7) is 20.3. The summed E-state index contributed by atoms with van der Waals surface area (Å²) in [6, 6.07) is 3.67. The van der Waals surface area contributed by atoms with E-state index >= 15 is 0 Å². The van der Waals surface area contributed by atoms with Crippen molar-refractivity contribution in [3.8, 4) is 11.5 Å². The van der Waals surface area contributed by atoms with Gasteiger partial charge >= 0.3 is 23.9 Å². The standard InChI is InChI=1S/C31H49NO8/c1-12-31(10,11)28(36)38-20(3)19(2)37-27(35)22(32)15-21-13-14-23(39-25(33)17-29(4,5)6)24(16-21)40-26(34)18-30(7,8)9/h13-14,16,19-20,22H,12,15,17-18,32H2,1-11H3/t19-,20-,22-/m0/s1. The van der Waals surface area contributed by atoms with Crippen LogP contribution in [0.2, 0.25) is 0 Å². The fraction of sp³-hybridized carbons (Fsp3) is 0.677. The van der Waals surface area contributed by atoms with Crippen molar-refractivity contribution in [2.75, 3.05) is 0 Å². The van der Waals surface area contributed by atoms with Crippen LogP contribution in [-0.4, -0.2) is 42.1 Å². The minimum Gasteiger partial charge on any atom is -0.458 e. The molecular formula is C31H49NO8. The molecule has 226 valence electrons. The molecule has 1 aromatic carbocycles. The van der Waals surface area contributed by atoms with Crippen molar-refractivity contribution in [3.63, 3.8) is 0 Å². The van der Waals surface area contributed by atoms with Crippen molar-refractivity contribution in [3.05, 3.63) is 23.8 Å². The van der Waals surface area contributed by atoms with Gasteiger partial charge in [-0.05, 0) is 69.1 Å². The van der Waals surface area contributed by atoms with Crippen LogP contribution in [-0.2, 0) is 35.1 Å². The van der Waals surface area contributed by atoms with E-state index in [1.165, 1.54) is 12.1 Å². The van der Waals surface area contributed by atoms with Crippen LogP contribution in [0.5, 0.6) is 11.5 Å². The molecule has 1 aromatic rings. The van der Waals surface area contributed by atoms with Gasteiger partial charge in [-0.3, -0.25) is 19.2 Å². The zero-order chi connectivity index (χ0) is 31.1. The van der Waals surface area contributed by atoms with Crippen LogP contribution in [0.15, 0.2) is 18.2 Å². The fourth-order valence-electron chi connectivity index (χ4n) is 3.30. The van der Waals surface area contributed by atoms with Gasteiger partial charge in [0, 0.05) is 0 Å². The Morgan fingerprint density at radius 3 is 1.73 bits per heavy atom. The summed E-state index contributed by atoms with van der Waals surface area (Å²) >= 11 is 0. The highest BCUT2D eigenvalue weighted by molar-refractivity contribution is 5.78. The van der Waals surface area contributed by atoms with Crippen molar-refractivity contribution in [1.29, 1.82) is 0 Å². The molecule has 0 spiro atoms. The third kappa shape index (κ3) is 12.5. The van der Waals surface area contributed by atoms with Crippen LogP contribution < -0.4 is 15.2 Å². The molecule has 0 amide bonds. The summed E-state index contributed by atoms with van der Waals surface area (Å²) in [5.74, 6) is -1.80. The van der Waals surface area contributed by atoms with Gasteiger partial charge in [0.2, 0.25) is 0 Å². The summed E-state index contributed by atoms with van der Waals surface area (Å²) in [6.07, 6.45) is -0.376. The number of rotatable bonds is 12.